The first-order valence-electron chi connectivity index (χ1n) is 5.71. The highest BCUT2D eigenvalue weighted by Gasteiger charge is 2.13. The molecule has 0 aliphatic carbocycles. The van der Waals surface area contributed by atoms with Crippen LogP contribution in [0.25, 0.3) is 0 Å². The summed E-state index contributed by atoms with van der Waals surface area (Å²) in [5.74, 6) is -0.492. The predicted octanol–water partition coefficient (Wildman–Crippen LogP) is 2.95. The Morgan fingerprint density at radius 2 is 1.95 bits per heavy atom. The van der Waals surface area contributed by atoms with Crippen LogP contribution in [0.3, 0.4) is 0 Å². The van der Waals surface area contributed by atoms with E-state index in [9.17, 15) is 4.79 Å². The number of carbonyl (C=O) groups is 1. The number of nitrogens with two attached hydrogens (primary N) is 1. The number of nitrogens with zero attached hydrogens (tertiary/aromatic N) is 2. The Morgan fingerprint density at radius 3 is 2.57 bits per heavy atom. The fraction of sp³-hybridized carbons (Fsp3) is 0. The van der Waals surface area contributed by atoms with Crippen LogP contribution in [0.5, 0.6) is 0 Å². The number of nitrogens with one attached hydrogen (secondary N) is 1. The minimum absolute atomic E-state index is 0.0958. The average molecular weight is 414 g/mol. The van der Waals surface area contributed by atoms with Crippen LogP contribution in [0.1, 0.15) is 16.1 Å². The zero-order valence-electron chi connectivity index (χ0n) is 10.5. The molecule has 0 aliphatic rings. The lowest BCUT2D eigenvalue weighted by atomic mass is 10.1. The van der Waals surface area contributed by atoms with Crippen LogP contribution >= 0.6 is 31.9 Å². The molecule has 0 aliphatic heterocycles. The van der Waals surface area contributed by atoms with Crippen molar-refractivity contribution in [3.8, 4) is 0 Å². The van der Waals surface area contributed by atoms with Gasteiger partial charge in [-0.25, -0.2) is 4.98 Å². The maximum absolute atomic E-state index is 12.2. The highest BCUT2D eigenvalue weighted by molar-refractivity contribution is 9.10. The fourth-order valence-corrected chi connectivity index (χ4v) is 2.19. The molecule has 0 unspecified atom stereocenters. The second kappa shape index (κ2) is 6.68. The van der Waals surface area contributed by atoms with E-state index in [1.165, 1.54) is 6.20 Å². The molecule has 4 N–H and O–H groups in total. The first-order valence-corrected chi connectivity index (χ1v) is 7.30. The first kappa shape index (κ1) is 15.5. The molecule has 0 spiro atoms. The number of amidine groups is 1. The number of amides is 1. The number of aromatic nitrogens is 1. The Hall–Kier alpha value is -1.93. The minimum Gasteiger partial charge on any atom is -0.409 e. The molecule has 0 saturated carbocycles. The van der Waals surface area contributed by atoms with E-state index in [4.69, 9.17) is 10.9 Å². The van der Waals surface area contributed by atoms with Gasteiger partial charge in [0.2, 0.25) is 0 Å². The highest BCUT2D eigenvalue weighted by Crippen LogP contribution is 2.22. The van der Waals surface area contributed by atoms with Gasteiger partial charge in [0.15, 0.2) is 5.84 Å². The minimum atomic E-state index is -0.396. The SMILES string of the molecule is N/C(=N/O)c1ccc(Br)cc1NC(=O)c1ccc(Br)cn1. The van der Waals surface area contributed by atoms with Gasteiger partial charge in [-0.1, -0.05) is 21.1 Å². The molecule has 1 amide bonds. The van der Waals surface area contributed by atoms with Gasteiger partial charge in [0, 0.05) is 20.7 Å². The van der Waals surface area contributed by atoms with Crippen LogP contribution in [-0.2, 0) is 0 Å². The van der Waals surface area contributed by atoms with E-state index >= 15 is 0 Å². The topological polar surface area (TPSA) is 101 Å². The molecule has 108 valence electrons. The zero-order valence-corrected chi connectivity index (χ0v) is 13.7. The summed E-state index contributed by atoms with van der Waals surface area (Å²) in [6.07, 6.45) is 1.53. The molecular weight excluding hydrogens is 404 g/mol. The van der Waals surface area contributed by atoms with Gasteiger partial charge < -0.3 is 16.3 Å². The molecule has 1 aromatic carbocycles. The van der Waals surface area contributed by atoms with Crippen molar-refractivity contribution in [3.63, 3.8) is 0 Å². The Labute approximate surface area is 137 Å². The van der Waals surface area contributed by atoms with Crippen molar-refractivity contribution < 1.29 is 10.0 Å². The summed E-state index contributed by atoms with van der Waals surface area (Å²) in [4.78, 5) is 16.2. The Bertz CT molecular complexity index is 702. The third-order valence-corrected chi connectivity index (χ3v) is 3.54. The van der Waals surface area contributed by atoms with Gasteiger partial charge in [-0.3, -0.25) is 4.79 Å². The van der Waals surface area contributed by atoms with E-state index in [0.29, 0.717) is 11.3 Å². The maximum Gasteiger partial charge on any atom is 0.274 e. The van der Waals surface area contributed by atoms with E-state index in [1.54, 1.807) is 30.3 Å². The van der Waals surface area contributed by atoms with Crippen molar-refractivity contribution in [2.75, 3.05) is 5.32 Å². The Balaban J connectivity index is 2.32. The fourth-order valence-electron chi connectivity index (χ4n) is 1.59. The molecule has 0 fully saturated rings. The summed E-state index contributed by atoms with van der Waals surface area (Å²) < 4.78 is 1.52. The van der Waals surface area contributed by atoms with Gasteiger partial charge >= 0.3 is 0 Å². The number of hydrogen-bond donors (Lipinski definition) is 3. The van der Waals surface area contributed by atoms with E-state index in [0.717, 1.165) is 8.95 Å². The van der Waals surface area contributed by atoms with Crippen LogP contribution in [0.4, 0.5) is 5.69 Å². The van der Waals surface area contributed by atoms with Crippen LogP contribution in [0, 0.1) is 0 Å². The maximum atomic E-state index is 12.2. The Kier molecular flexibility index (Phi) is 4.92. The second-order valence-corrected chi connectivity index (χ2v) is 5.82. The number of benzene rings is 1. The second-order valence-electron chi connectivity index (χ2n) is 3.99. The number of halogens is 2. The lowest BCUT2D eigenvalue weighted by molar-refractivity contribution is 0.102. The first-order chi connectivity index (χ1) is 10.0. The van der Waals surface area contributed by atoms with Crippen molar-refractivity contribution in [2.24, 2.45) is 10.9 Å². The molecule has 8 heteroatoms. The molecular formula is C13H10Br2N4O2. The van der Waals surface area contributed by atoms with Gasteiger partial charge in [-0.05, 0) is 46.3 Å². The summed E-state index contributed by atoms with van der Waals surface area (Å²) >= 11 is 6.56. The molecule has 2 rings (SSSR count). The molecule has 0 radical (unpaired) electrons. The number of hydrogen-bond acceptors (Lipinski definition) is 4. The smallest absolute Gasteiger partial charge is 0.274 e. The number of pyridine rings is 1. The molecule has 1 aromatic heterocycles. The molecule has 1 heterocycles. The quantitative estimate of drug-likeness (QED) is 0.311. The summed E-state index contributed by atoms with van der Waals surface area (Å²) in [6.45, 7) is 0. The molecule has 0 bridgehead atoms. The third-order valence-electron chi connectivity index (χ3n) is 2.57. The average Bonchev–Trinajstić information content (AvgIpc) is 2.47. The van der Waals surface area contributed by atoms with Gasteiger partial charge in [-0.15, -0.1) is 0 Å². The van der Waals surface area contributed by atoms with E-state index in [-0.39, 0.29) is 11.5 Å². The summed E-state index contributed by atoms with van der Waals surface area (Å²) in [5.41, 5.74) is 6.66. The van der Waals surface area contributed by atoms with Crippen LogP contribution < -0.4 is 11.1 Å². The van der Waals surface area contributed by atoms with Gasteiger partial charge in [0.05, 0.1) is 5.69 Å². The lowest BCUT2D eigenvalue weighted by Gasteiger charge is -2.10. The number of oxime groups is 1. The van der Waals surface area contributed by atoms with E-state index in [1.807, 2.05) is 0 Å². The van der Waals surface area contributed by atoms with Crippen molar-refractivity contribution in [2.45, 2.75) is 0 Å². The van der Waals surface area contributed by atoms with Crippen molar-refractivity contribution in [1.29, 1.82) is 0 Å². The van der Waals surface area contributed by atoms with Crippen molar-refractivity contribution in [1.82, 2.24) is 4.98 Å². The third kappa shape index (κ3) is 3.79. The number of anilines is 1. The van der Waals surface area contributed by atoms with Gasteiger partial charge in [-0.2, -0.15) is 0 Å². The number of rotatable bonds is 3. The molecule has 21 heavy (non-hydrogen) atoms. The van der Waals surface area contributed by atoms with E-state index in [2.05, 4.69) is 47.3 Å². The summed E-state index contributed by atoms with van der Waals surface area (Å²) in [5, 5.41) is 14.4. The summed E-state index contributed by atoms with van der Waals surface area (Å²) in [6, 6.07) is 8.31. The lowest BCUT2D eigenvalue weighted by Crippen LogP contribution is -2.19. The standard InChI is InChI=1S/C13H10Br2N4O2/c14-7-1-3-9(12(16)19-21)11(5-7)18-13(20)10-4-2-8(15)6-17-10/h1-6,21H,(H2,16,19)(H,18,20). The van der Waals surface area contributed by atoms with Crippen LogP contribution in [0.15, 0.2) is 50.6 Å². The van der Waals surface area contributed by atoms with Gasteiger partial charge in [0.25, 0.3) is 5.91 Å². The number of carbonyl (C=O) groups excluding carboxylic acids is 1. The summed E-state index contributed by atoms with van der Waals surface area (Å²) in [7, 11) is 0. The van der Waals surface area contributed by atoms with Crippen LogP contribution in [0.2, 0.25) is 0 Å². The van der Waals surface area contributed by atoms with Crippen LogP contribution in [-0.4, -0.2) is 21.9 Å². The molecule has 0 saturated heterocycles. The molecule has 6 nitrogen and oxygen atoms in total. The molecule has 2 aromatic rings. The van der Waals surface area contributed by atoms with Gasteiger partial charge in [0.1, 0.15) is 5.69 Å². The van der Waals surface area contributed by atoms with Crippen molar-refractivity contribution >= 4 is 49.3 Å². The predicted molar refractivity (Wildman–Crippen MR) is 86.5 cm³/mol. The highest BCUT2D eigenvalue weighted by atomic mass is 79.9. The largest absolute Gasteiger partial charge is 0.409 e. The zero-order chi connectivity index (χ0) is 15.4. The van der Waals surface area contributed by atoms with E-state index < -0.39 is 5.91 Å². The monoisotopic (exact) mass is 412 g/mol. The normalized spacial score (nSPS) is 11.2. The van der Waals surface area contributed by atoms with Crippen molar-refractivity contribution in [3.05, 3.63) is 56.7 Å². The Morgan fingerprint density at radius 1 is 1.24 bits per heavy atom. The molecule has 0 atom stereocenters.